The third kappa shape index (κ3) is 4.88. The van der Waals surface area contributed by atoms with E-state index in [4.69, 9.17) is 23.2 Å². The minimum absolute atomic E-state index is 0.759. The Morgan fingerprint density at radius 1 is 0.929 bits per heavy atom. The van der Waals surface area contributed by atoms with E-state index in [9.17, 15) is 0 Å². The number of hydrogen-bond acceptors (Lipinski definition) is 0. The molecule has 0 aliphatic carbocycles. The van der Waals surface area contributed by atoms with Gasteiger partial charge in [0, 0.05) is 10.0 Å². The van der Waals surface area contributed by atoms with E-state index in [1.807, 2.05) is 25.1 Å². The van der Waals surface area contributed by atoms with Gasteiger partial charge in [0.15, 0.2) is 0 Å². The van der Waals surface area contributed by atoms with Crippen LogP contribution in [0, 0.1) is 0 Å². The Bertz CT molecular complexity index is 234. The van der Waals surface area contributed by atoms with E-state index in [1.165, 1.54) is 12.8 Å². The molecule has 2 heteroatoms. The fraction of sp³-hybridized carbons (Fsp3) is 0.500. The normalized spacial score (nSPS) is 9.21. The zero-order valence-electron chi connectivity index (χ0n) is 9.11. The van der Waals surface area contributed by atoms with Crippen LogP contribution in [0.2, 0.25) is 10.0 Å². The lowest BCUT2D eigenvalue weighted by molar-refractivity contribution is 0.886. The highest BCUT2D eigenvalue weighted by Gasteiger charge is 2.00. The third-order valence-electron chi connectivity index (χ3n) is 1.92. The van der Waals surface area contributed by atoms with Gasteiger partial charge in [-0.1, -0.05) is 62.9 Å². The van der Waals surface area contributed by atoms with Gasteiger partial charge in [-0.05, 0) is 24.1 Å². The molecule has 1 rings (SSSR count). The van der Waals surface area contributed by atoms with E-state index in [1.54, 1.807) is 0 Å². The van der Waals surface area contributed by atoms with Crippen LogP contribution >= 0.6 is 23.2 Å². The van der Waals surface area contributed by atoms with Crippen molar-refractivity contribution >= 4 is 23.2 Å². The Balaban J connectivity index is 0.000000364. The predicted molar refractivity (Wildman–Crippen MR) is 66.4 cm³/mol. The minimum atomic E-state index is 0.759. The van der Waals surface area contributed by atoms with Gasteiger partial charge in [-0.25, -0.2) is 0 Å². The summed E-state index contributed by atoms with van der Waals surface area (Å²) in [5, 5.41) is 1.52. The molecular formula is C12H18Cl2. The molecule has 0 aliphatic heterocycles. The summed E-state index contributed by atoms with van der Waals surface area (Å²) < 4.78 is 0. The minimum Gasteiger partial charge on any atom is -0.0840 e. The highest BCUT2D eigenvalue weighted by atomic mass is 35.5. The maximum atomic E-state index is 5.85. The van der Waals surface area contributed by atoms with Gasteiger partial charge < -0.3 is 0 Å². The number of benzene rings is 1. The first-order valence-electron chi connectivity index (χ1n) is 5.10. The average Bonchev–Trinajstić information content (AvgIpc) is 2.19. The molecule has 0 fully saturated rings. The molecule has 0 heterocycles. The molecule has 80 valence electrons. The summed E-state index contributed by atoms with van der Waals surface area (Å²) in [6.45, 7) is 6.40. The molecule has 0 aromatic heterocycles. The molecule has 0 aliphatic rings. The monoisotopic (exact) mass is 232 g/mol. The fourth-order valence-corrected chi connectivity index (χ4v) is 1.53. The molecule has 0 nitrogen and oxygen atoms in total. The van der Waals surface area contributed by atoms with Gasteiger partial charge in [-0.15, -0.1) is 0 Å². The highest BCUT2D eigenvalue weighted by molar-refractivity contribution is 6.35. The van der Waals surface area contributed by atoms with Crippen LogP contribution in [0.25, 0.3) is 0 Å². The van der Waals surface area contributed by atoms with E-state index in [0.717, 1.165) is 22.0 Å². The van der Waals surface area contributed by atoms with Crippen LogP contribution in [0.1, 0.15) is 39.2 Å². The van der Waals surface area contributed by atoms with Crippen molar-refractivity contribution in [3.8, 4) is 0 Å². The van der Waals surface area contributed by atoms with Crippen LogP contribution < -0.4 is 0 Å². The van der Waals surface area contributed by atoms with Crippen LogP contribution in [-0.4, -0.2) is 0 Å². The van der Waals surface area contributed by atoms with Crippen LogP contribution in [0.15, 0.2) is 18.2 Å². The molecule has 0 N–H and O–H groups in total. The van der Waals surface area contributed by atoms with Crippen molar-refractivity contribution in [2.24, 2.45) is 0 Å². The van der Waals surface area contributed by atoms with Crippen LogP contribution in [0.5, 0.6) is 0 Å². The topological polar surface area (TPSA) is 0 Å². The second kappa shape index (κ2) is 8.14. The molecule has 0 bridgehead atoms. The summed E-state index contributed by atoms with van der Waals surface area (Å²) >= 11 is 11.7. The van der Waals surface area contributed by atoms with E-state index in [-0.39, 0.29) is 0 Å². The Hall–Kier alpha value is -0.200. The standard InChI is InChI=1S/C8H8Cl2.C4H10/c1-2-6-7(9)4-3-5-8(6)10;1-3-4-2/h3-5H,2H2,1H3;3-4H2,1-2H3. The van der Waals surface area contributed by atoms with Gasteiger partial charge in [0.25, 0.3) is 0 Å². The smallest absolute Gasteiger partial charge is 0.0452 e. The molecule has 1 aromatic carbocycles. The second-order valence-corrected chi connectivity index (χ2v) is 3.87. The summed E-state index contributed by atoms with van der Waals surface area (Å²) in [5.41, 5.74) is 1.03. The number of unbranched alkanes of at least 4 members (excludes halogenated alkanes) is 1. The summed E-state index contributed by atoms with van der Waals surface area (Å²) in [7, 11) is 0. The van der Waals surface area contributed by atoms with Crippen molar-refractivity contribution in [2.45, 2.75) is 40.0 Å². The fourth-order valence-electron chi connectivity index (χ4n) is 0.870. The third-order valence-corrected chi connectivity index (χ3v) is 2.62. The van der Waals surface area contributed by atoms with Gasteiger partial charge in [0.05, 0.1) is 0 Å². The number of halogens is 2. The molecule has 0 saturated heterocycles. The molecular weight excluding hydrogens is 215 g/mol. The van der Waals surface area contributed by atoms with Gasteiger partial charge in [-0.2, -0.15) is 0 Å². The molecule has 14 heavy (non-hydrogen) atoms. The second-order valence-electron chi connectivity index (χ2n) is 3.05. The van der Waals surface area contributed by atoms with E-state index >= 15 is 0 Å². The Kier molecular flexibility index (Phi) is 8.02. The molecule has 0 atom stereocenters. The van der Waals surface area contributed by atoms with Crippen LogP contribution in [0.3, 0.4) is 0 Å². The summed E-state index contributed by atoms with van der Waals surface area (Å²) in [4.78, 5) is 0. The zero-order chi connectivity index (χ0) is 11.0. The molecule has 0 spiro atoms. The maximum absolute atomic E-state index is 5.85. The summed E-state index contributed by atoms with van der Waals surface area (Å²) in [6.07, 6.45) is 3.53. The largest absolute Gasteiger partial charge is 0.0840 e. The number of hydrogen-bond donors (Lipinski definition) is 0. The Morgan fingerprint density at radius 2 is 1.36 bits per heavy atom. The van der Waals surface area contributed by atoms with E-state index in [2.05, 4.69) is 13.8 Å². The molecule has 0 saturated carbocycles. The molecule has 0 radical (unpaired) electrons. The Labute approximate surface area is 97.2 Å². The lowest BCUT2D eigenvalue weighted by Crippen LogP contribution is -1.82. The first-order chi connectivity index (χ1) is 6.67. The summed E-state index contributed by atoms with van der Waals surface area (Å²) in [5.74, 6) is 0. The zero-order valence-corrected chi connectivity index (χ0v) is 10.6. The maximum Gasteiger partial charge on any atom is 0.0452 e. The van der Waals surface area contributed by atoms with Crippen molar-refractivity contribution in [3.05, 3.63) is 33.8 Å². The van der Waals surface area contributed by atoms with E-state index in [0.29, 0.717) is 0 Å². The van der Waals surface area contributed by atoms with Crippen LogP contribution in [-0.2, 0) is 6.42 Å². The average molecular weight is 233 g/mol. The highest BCUT2D eigenvalue weighted by Crippen LogP contribution is 2.23. The van der Waals surface area contributed by atoms with Crippen molar-refractivity contribution in [2.75, 3.05) is 0 Å². The van der Waals surface area contributed by atoms with E-state index < -0.39 is 0 Å². The first kappa shape index (κ1) is 13.8. The van der Waals surface area contributed by atoms with Crippen molar-refractivity contribution in [1.82, 2.24) is 0 Å². The van der Waals surface area contributed by atoms with Gasteiger partial charge in [0.1, 0.15) is 0 Å². The summed E-state index contributed by atoms with van der Waals surface area (Å²) in [6, 6.07) is 5.56. The van der Waals surface area contributed by atoms with Crippen molar-refractivity contribution in [3.63, 3.8) is 0 Å². The van der Waals surface area contributed by atoms with Crippen molar-refractivity contribution < 1.29 is 0 Å². The van der Waals surface area contributed by atoms with Gasteiger partial charge in [-0.3, -0.25) is 0 Å². The van der Waals surface area contributed by atoms with Gasteiger partial charge in [0.2, 0.25) is 0 Å². The van der Waals surface area contributed by atoms with Gasteiger partial charge >= 0.3 is 0 Å². The van der Waals surface area contributed by atoms with Crippen molar-refractivity contribution in [1.29, 1.82) is 0 Å². The quantitative estimate of drug-likeness (QED) is 0.644. The number of rotatable bonds is 2. The van der Waals surface area contributed by atoms with Crippen LogP contribution in [0.4, 0.5) is 0 Å². The lowest BCUT2D eigenvalue weighted by atomic mass is 10.2. The molecule has 0 amide bonds. The first-order valence-corrected chi connectivity index (χ1v) is 5.85. The predicted octanol–water partition coefficient (Wildman–Crippen LogP) is 5.36. The molecule has 0 unspecified atom stereocenters. The molecule has 1 aromatic rings. The Morgan fingerprint density at radius 3 is 1.57 bits per heavy atom. The lowest BCUT2D eigenvalue weighted by Gasteiger charge is -2.01. The SMILES string of the molecule is CCCC.CCc1c(Cl)cccc1Cl.